The van der Waals surface area contributed by atoms with Crippen molar-refractivity contribution in [2.75, 3.05) is 20.3 Å². The quantitative estimate of drug-likeness (QED) is 0.243. The minimum atomic E-state index is -0.796. The normalized spacial score (nSPS) is 15.1. The lowest BCUT2D eigenvalue weighted by Crippen LogP contribution is -2.40. The van der Waals surface area contributed by atoms with Crippen molar-refractivity contribution >= 4 is 34.2 Å². The highest BCUT2D eigenvalue weighted by Gasteiger charge is 2.36. The molecule has 3 aromatic carbocycles. The Kier molecular flexibility index (Phi) is 7.47. The summed E-state index contributed by atoms with van der Waals surface area (Å²) in [4.78, 5) is 32.7. The fourth-order valence-corrected chi connectivity index (χ4v) is 5.86. The van der Waals surface area contributed by atoms with Gasteiger partial charge in [0.15, 0.2) is 4.80 Å². The van der Waals surface area contributed by atoms with Gasteiger partial charge in [0.05, 0.1) is 29.5 Å². The van der Waals surface area contributed by atoms with Crippen LogP contribution in [0, 0.1) is 0 Å². The summed E-state index contributed by atoms with van der Waals surface area (Å²) in [6.45, 7) is 7.77. The van der Waals surface area contributed by atoms with Gasteiger partial charge in [-0.05, 0) is 42.8 Å². The van der Waals surface area contributed by atoms with E-state index in [0.29, 0.717) is 44.3 Å². The molecule has 39 heavy (non-hydrogen) atoms. The number of fused-ring (bicyclic) bond motifs is 2. The second kappa shape index (κ2) is 11.1. The highest BCUT2D eigenvalue weighted by atomic mass is 32.1. The molecule has 2 heterocycles. The van der Waals surface area contributed by atoms with Crippen molar-refractivity contribution < 1.29 is 19.0 Å². The molecule has 1 aromatic heterocycles. The highest BCUT2D eigenvalue weighted by Crippen LogP contribution is 2.40. The van der Waals surface area contributed by atoms with Crippen LogP contribution in [-0.2, 0) is 9.53 Å². The van der Waals surface area contributed by atoms with Gasteiger partial charge in [0.1, 0.15) is 24.1 Å². The summed E-state index contributed by atoms with van der Waals surface area (Å²) in [7, 11) is 1.58. The Bertz CT molecular complexity index is 1800. The number of rotatable bonds is 8. The molecule has 7 nitrogen and oxygen atoms in total. The number of carbonyl (C=O) groups excluding carboxylic acids is 1. The second-order valence-electron chi connectivity index (χ2n) is 8.84. The number of esters is 1. The third-order valence-corrected chi connectivity index (χ3v) is 7.49. The van der Waals surface area contributed by atoms with Crippen LogP contribution in [0.1, 0.15) is 31.0 Å². The maximum atomic E-state index is 14.1. The number of hydrogen-bond donors (Lipinski definition) is 0. The van der Waals surface area contributed by atoms with Crippen molar-refractivity contribution in [1.82, 2.24) is 4.57 Å². The Hall–Kier alpha value is -4.43. The fourth-order valence-electron chi connectivity index (χ4n) is 4.82. The average Bonchev–Trinajstić information content (AvgIpc) is 3.25. The van der Waals surface area contributed by atoms with Gasteiger partial charge in [-0.2, -0.15) is 0 Å². The van der Waals surface area contributed by atoms with E-state index in [4.69, 9.17) is 19.2 Å². The van der Waals surface area contributed by atoms with E-state index in [2.05, 4.69) is 6.58 Å². The number of hydrogen-bond acceptors (Lipinski definition) is 7. The molecule has 0 radical (unpaired) electrons. The summed E-state index contributed by atoms with van der Waals surface area (Å²) in [6, 6.07) is 18.3. The van der Waals surface area contributed by atoms with Gasteiger partial charge < -0.3 is 14.2 Å². The SMILES string of the molecule is C=CCOc1ccccc1/C=c1\sc2n(c1=O)[C@H](c1c(OC)ccc3ccccc13)C(C(=O)OCC)=C(C)N=2. The van der Waals surface area contributed by atoms with Crippen molar-refractivity contribution in [3.05, 3.63) is 115 Å². The summed E-state index contributed by atoms with van der Waals surface area (Å²) in [5, 5.41) is 1.83. The van der Waals surface area contributed by atoms with Crippen LogP contribution in [0.5, 0.6) is 11.5 Å². The third-order valence-electron chi connectivity index (χ3n) is 6.50. The molecule has 0 spiro atoms. The lowest BCUT2D eigenvalue weighted by Gasteiger charge is -2.27. The van der Waals surface area contributed by atoms with E-state index in [1.165, 1.54) is 11.3 Å². The number of ether oxygens (including phenoxy) is 3. The number of nitrogens with zero attached hydrogens (tertiary/aromatic N) is 2. The van der Waals surface area contributed by atoms with Gasteiger partial charge in [-0.3, -0.25) is 9.36 Å². The highest BCUT2D eigenvalue weighted by molar-refractivity contribution is 7.07. The average molecular weight is 541 g/mol. The van der Waals surface area contributed by atoms with Gasteiger partial charge in [0, 0.05) is 11.1 Å². The largest absolute Gasteiger partial charge is 0.496 e. The molecular weight excluding hydrogens is 512 g/mol. The summed E-state index contributed by atoms with van der Waals surface area (Å²) in [5.74, 6) is 0.683. The van der Waals surface area contributed by atoms with E-state index in [9.17, 15) is 9.59 Å². The monoisotopic (exact) mass is 540 g/mol. The lowest BCUT2D eigenvalue weighted by atomic mass is 9.90. The van der Waals surface area contributed by atoms with Gasteiger partial charge in [0.25, 0.3) is 5.56 Å². The fraction of sp³-hybridized carbons (Fsp3) is 0.194. The molecular formula is C31H28N2O5S. The standard InChI is InChI=1S/C31H28N2O5S/c1-5-17-38-23-14-10-8-12-21(23)18-25-29(34)33-28(26(30(35)37-6-2)19(3)32-31(33)39-25)27-22-13-9-7-11-20(22)15-16-24(27)36-4/h5,7-16,18,28H,1,6,17H2,2-4H3/b25-18-/t28-/m0/s1. The van der Waals surface area contributed by atoms with Gasteiger partial charge in [-0.15, -0.1) is 0 Å². The predicted octanol–water partition coefficient (Wildman–Crippen LogP) is 4.52. The molecule has 0 fully saturated rings. The molecule has 1 aliphatic rings. The molecule has 0 N–H and O–H groups in total. The first-order valence-electron chi connectivity index (χ1n) is 12.6. The van der Waals surface area contributed by atoms with Crippen molar-refractivity contribution in [2.24, 2.45) is 4.99 Å². The van der Waals surface area contributed by atoms with Crippen LogP contribution in [0.2, 0.25) is 0 Å². The predicted molar refractivity (Wildman–Crippen MR) is 153 cm³/mol. The Balaban J connectivity index is 1.81. The van der Waals surface area contributed by atoms with E-state index in [1.54, 1.807) is 37.7 Å². The second-order valence-corrected chi connectivity index (χ2v) is 9.85. The van der Waals surface area contributed by atoms with E-state index in [-0.39, 0.29) is 12.2 Å². The first kappa shape index (κ1) is 26.2. The molecule has 0 aliphatic carbocycles. The zero-order chi connectivity index (χ0) is 27.5. The van der Waals surface area contributed by atoms with Gasteiger partial charge in [0.2, 0.25) is 0 Å². The maximum absolute atomic E-state index is 14.1. The van der Waals surface area contributed by atoms with Gasteiger partial charge in [-0.1, -0.05) is 72.5 Å². The molecule has 0 amide bonds. The van der Waals surface area contributed by atoms with Crippen LogP contribution in [0.15, 0.2) is 94.4 Å². The molecule has 5 rings (SSSR count). The zero-order valence-corrected chi connectivity index (χ0v) is 22.8. The number of para-hydroxylation sites is 1. The van der Waals surface area contributed by atoms with Crippen molar-refractivity contribution in [2.45, 2.75) is 19.9 Å². The minimum absolute atomic E-state index is 0.195. The molecule has 4 aromatic rings. The summed E-state index contributed by atoms with van der Waals surface area (Å²) in [6.07, 6.45) is 3.46. The van der Waals surface area contributed by atoms with Crippen LogP contribution in [0.3, 0.4) is 0 Å². The summed E-state index contributed by atoms with van der Waals surface area (Å²) in [5.41, 5.74) is 1.99. The number of thiazole rings is 1. The first-order chi connectivity index (χ1) is 19.0. The first-order valence-corrected chi connectivity index (χ1v) is 13.4. The van der Waals surface area contributed by atoms with Gasteiger partial charge >= 0.3 is 5.97 Å². The van der Waals surface area contributed by atoms with E-state index in [0.717, 1.165) is 16.3 Å². The molecule has 0 bridgehead atoms. The topological polar surface area (TPSA) is 79.1 Å². The van der Waals surface area contributed by atoms with Crippen LogP contribution in [0.4, 0.5) is 0 Å². The molecule has 198 valence electrons. The molecule has 8 heteroatoms. The number of allylic oxidation sites excluding steroid dienone is 1. The summed E-state index contributed by atoms with van der Waals surface area (Å²) < 4.78 is 19.1. The van der Waals surface area contributed by atoms with Crippen molar-refractivity contribution in [1.29, 1.82) is 0 Å². The van der Waals surface area contributed by atoms with Crippen LogP contribution < -0.4 is 24.4 Å². The van der Waals surface area contributed by atoms with Gasteiger partial charge in [-0.25, -0.2) is 9.79 Å². The molecule has 1 atom stereocenters. The molecule has 0 saturated heterocycles. The van der Waals surface area contributed by atoms with E-state index >= 15 is 0 Å². The Labute approximate surface area is 229 Å². The third kappa shape index (κ3) is 4.79. The van der Waals surface area contributed by atoms with E-state index in [1.807, 2.05) is 60.7 Å². The Morgan fingerprint density at radius 2 is 1.87 bits per heavy atom. The Morgan fingerprint density at radius 3 is 2.64 bits per heavy atom. The van der Waals surface area contributed by atoms with Crippen molar-refractivity contribution in [3.8, 4) is 11.5 Å². The number of carbonyl (C=O) groups is 1. The molecule has 0 unspecified atom stereocenters. The zero-order valence-electron chi connectivity index (χ0n) is 22.0. The smallest absolute Gasteiger partial charge is 0.338 e. The molecule has 1 aliphatic heterocycles. The lowest BCUT2D eigenvalue weighted by molar-refractivity contribution is -0.139. The number of aromatic nitrogens is 1. The number of methoxy groups -OCH3 is 1. The minimum Gasteiger partial charge on any atom is -0.496 e. The molecule has 0 saturated carbocycles. The number of benzene rings is 3. The summed E-state index contributed by atoms with van der Waals surface area (Å²) >= 11 is 1.26. The van der Waals surface area contributed by atoms with Crippen LogP contribution in [0.25, 0.3) is 16.8 Å². The van der Waals surface area contributed by atoms with Crippen LogP contribution in [-0.4, -0.2) is 30.9 Å². The Morgan fingerprint density at radius 1 is 1.10 bits per heavy atom. The maximum Gasteiger partial charge on any atom is 0.338 e. The van der Waals surface area contributed by atoms with Crippen LogP contribution >= 0.6 is 11.3 Å². The van der Waals surface area contributed by atoms with Crippen molar-refractivity contribution in [3.63, 3.8) is 0 Å². The van der Waals surface area contributed by atoms with E-state index < -0.39 is 12.0 Å².